The van der Waals surface area contributed by atoms with Gasteiger partial charge in [-0.1, -0.05) is 72.8 Å². The fourth-order valence-corrected chi connectivity index (χ4v) is 4.15. The summed E-state index contributed by atoms with van der Waals surface area (Å²) in [5.41, 5.74) is 3.02. The molecule has 0 aromatic heterocycles. The van der Waals surface area contributed by atoms with E-state index < -0.39 is 14.9 Å². The lowest BCUT2D eigenvalue weighted by molar-refractivity contribution is -0.385. The Morgan fingerprint density at radius 1 is 0.933 bits per heavy atom. The Kier molecular flexibility index (Phi) is 7.11. The van der Waals surface area contributed by atoms with E-state index in [-0.39, 0.29) is 17.1 Å². The lowest BCUT2D eigenvalue weighted by Crippen LogP contribution is -2.24. The van der Waals surface area contributed by atoms with Gasteiger partial charge in [0.15, 0.2) is 0 Å². The third kappa shape index (κ3) is 5.85. The summed E-state index contributed by atoms with van der Waals surface area (Å²) in [6.45, 7) is 0.226. The van der Waals surface area contributed by atoms with Gasteiger partial charge in [0.25, 0.3) is 5.69 Å². The highest BCUT2D eigenvalue weighted by molar-refractivity contribution is 7.89. The van der Waals surface area contributed by atoms with Gasteiger partial charge >= 0.3 is 0 Å². The minimum atomic E-state index is -3.81. The van der Waals surface area contributed by atoms with Gasteiger partial charge in [0.2, 0.25) is 10.0 Å². The van der Waals surface area contributed by atoms with Crippen molar-refractivity contribution in [1.29, 1.82) is 0 Å². The summed E-state index contributed by atoms with van der Waals surface area (Å²) in [4.78, 5) is 10.2. The molecule has 0 saturated carbocycles. The van der Waals surface area contributed by atoms with E-state index in [2.05, 4.69) is 10.8 Å². The van der Waals surface area contributed by atoms with Crippen LogP contribution in [0.25, 0.3) is 11.6 Å². The first-order valence-electron chi connectivity index (χ1n) is 9.51. The Morgan fingerprint density at radius 3 is 2.27 bits per heavy atom. The Balaban J connectivity index is 1.67. The molecule has 0 radical (unpaired) electrons. The number of nitrogens with one attached hydrogen (secondary N) is 1. The average molecular weight is 423 g/mol. The monoisotopic (exact) mass is 422 g/mol. The second-order valence-corrected chi connectivity index (χ2v) is 8.47. The van der Waals surface area contributed by atoms with Crippen molar-refractivity contribution in [2.75, 3.05) is 6.54 Å². The molecule has 6 nitrogen and oxygen atoms in total. The molecule has 0 aliphatic carbocycles. The first-order chi connectivity index (χ1) is 14.5. The summed E-state index contributed by atoms with van der Waals surface area (Å²) in [7, 11) is -3.81. The van der Waals surface area contributed by atoms with Gasteiger partial charge in [0.1, 0.15) is 0 Å². The number of allylic oxidation sites excluding steroid dienone is 1. The van der Waals surface area contributed by atoms with Crippen molar-refractivity contribution in [1.82, 2.24) is 4.72 Å². The largest absolute Gasteiger partial charge is 0.270 e. The summed E-state index contributed by atoms with van der Waals surface area (Å²) >= 11 is 0. The fourth-order valence-electron chi connectivity index (χ4n) is 3.04. The molecule has 0 unspecified atom stereocenters. The van der Waals surface area contributed by atoms with Crippen LogP contribution in [0.15, 0.2) is 89.8 Å². The van der Waals surface area contributed by atoms with E-state index in [1.54, 1.807) is 0 Å². The highest BCUT2D eigenvalue weighted by Crippen LogP contribution is 2.23. The van der Waals surface area contributed by atoms with Crippen LogP contribution in [0.1, 0.15) is 24.0 Å². The van der Waals surface area contributed by atoms with E-state index in [1.807, 2.05) is 60.7 Å². The molecule has 3 rings (SSSR count). The van der Waals surface area contributed by atoms with Gasteiger partial charge in [-0.25, -0.2) is 13.1 Å². The Labute approximate surface area is 176 Å². The van der Waals surface area contributed by atoms with E-state index >= 15 is 0 Å². The molecule has 0 fully saturated rings. The second kappa shape index (κ2) is 9.96. The second-order valence-electron chi connectivity index (χ2n) is 6.70. The number of benzene rings is 3. The van der Waals surface area contributed by atoms with E-state index in [0.29, 0.717) is 12.8 Å². The summed E-state index contributed by atoms with van der Waals surface area (Å²) in [5.74, 6) is 0. The Hall–Kier alpha value is -3.29. The van der Waals surface area contributed by atoms with Crippen LogP contribution in [0.4, 0.5) is 5.69 Å². The molecule has 7 heteroatoms. The number of rotatable bonds is 9. The maximum absolute atomic E-state index is 12.5. The zero-order valence-corrected chi connectivity index (χ0v) is 17.1. The lowest BCUT2D eigenvalue weighted by Gasteiger charge is -2.10. The smallest absolute Gasteiger partial charge is 0.258 e. The number of hydrogen-bond donors (Lipinski definition) is 1. The first kappa shape index (κ1) is 21.4. The van der Waals surface area contributed by atoms with Gasteiger partial charge in [-0.15, -0.1) is 0 Å². The SMILES string of the molecule is O=[N+]([O-])c1cccc(S(=O)(=O)NCCC/C(=C/c2ccccc2)c2ccccc2)c1. The van der Waals surface area contributed by atoms with Crippen molar-refractivity contribution < 1.29 is 13.3 Å². The molecular formula is C23H22N2O4S. The molecule has 3 aromatic carbocycles. The Morgan fingerprint density at radius 2 is 1.60 bits per heavy atom. The third-order valence-electron chi connectivity index (χ3n) is 4.54. The summed E-state index contributed by atoms with van der Waals surface area (Å²) in [5, 5.41) is 10.9. The van der Waals surface area contributed by atoms with Crippen molar-refractivity contribution in [3.05, 3.63) is 106 Å². The maximum atomic E-state index is 12.5. The van der Waals surface area contributed by atoms with E-state index in [9.17, 15) is 18.5 Å². The quantitative estimate of drug-likeness (QED) is 0.230. The minimum absolute atomic E-state index is 0.111. The van der Waals surface area contributed by atoms with Crippen molar-refractivity contribution >= 4 is 27.4 Å². The molecule has 3 aromatic rings. The molecular weight excluding hydrogens is 400 g/mol. The molecule has 0 aliphatic heterocycles. The summed E-state index contributed by atoms with van der Waals surface area (Å²) in [6.07, 6.45) is 3.36. The fraction of sp³-hybridized carbons (Fsp3) is 0.130. The van der Waals surface area contributed by atoms with E-state index in [0.717, 1.165) is 22.8 Å². The molecule has 0 amide bonds. The zero-order chi connectivity index (χ0) is 21.4. The number of sulfonamides is 1. The maximum Gasteiger partial charge on any atom is 0.270 e. The van der Waals surface area contributed by atoms with Crippen LogP contribution in [0.3, 0.4) is 0 Å². The number of non-ortho nitro benzene ring substituents is 1. The molecule has 0 aliphatic rings. The van der Waals surface area contributed by atoms with Gasteiger partial charge in [-0.05, 0) is 35.6 Å². The highest BCUT2D eigenvalue weighted by atomic mass is 32.2. The molecule has 0 saturated heterocycles. The molecule has 0 heterocycles. The van der Waals surface area contributed by atoms with E-state index in [1.165, 1.54) is 18.2 Å². The van der Waals surface area contributed by atoms with Crippen LogP contribution in [-0.2, 0) is 10.0 Å². The number of hydrogen-bond acceptors (Lipinski definition) is 4. The van der Waals surface area contributed by atoms with Crippen LogP contribution < -0.4 is 4.72 Å². The zero-order valence-electron chi connectivity index (χ0n) is 16.3. The average Bonchev–Trinajstić information content (AvgIpc) is 2.77. The van der Waals surface area contributed by atoms with Gasteiger partial charge in [-0.3, -0.25) is 10.1 Å². The summed E-state index contributed by atoms with van der Waals surface area (Å²) in [6, 6.07) is 24.9. The Bertz CT molecular complexity index is 1130. The topological polar surface area (TPSA) is 89.3 Å². The van der Waals surface area contributed by atoms with Crippen LogP contribution in [0, 0.1) is 10.1 Å². The number of nitro groups is 1. The van der Waals surface area contributed by atoms with Crippen LogP contribution in [0.2, 0.25) is 0 Å². The highest BCUT2D eigenvalue weighted by Gasteiger charge is 2.17. The van der Waals surface area contributed by atoms with Gasteiger partial charge in [-0.2, -0.15) is 0 Å². The van der Waals surface area contributed by atoms with Crippen molar-refractivity contribution in [3.63, 3.8) is 0 Å². The van der Waals surface area contributed by atoms with E-state index in [4.69, 9.17) is 0 Å². The van der Waals surface area contributed by atoms with Crippen molar-refractivity contribution in [2.24, 2.45) is 0 Å². The predicted molar refractivity (Wildman–Crippen MR) is 118 cm³/mol. The first-order valence-corrected chi connectivity index (χ1v) is 11.0. The van der Waals surface area contributed by atoms with Crippen LogP contribution >= 0.6 is 0 Å². The standard InChI is InChI=1S/C23H22N2O4S/c26-25(27)22-14-7-15-23(18-22)30(28,29)24-16-8-13-21(20-11-5-2-6-12-20)17-19-9-3-1-4-10-19/h1-7,9-12,14-15,17-18,24H,8,13,16H2/b21-17-. The normalized spacial score (nSPS) is 11.9. The summed E-state index contributed by atoms with van der Waals surface area (Å²) < 4.78 is 27.5. The number of nitrogens with zero attached hydrogens (tertiary/aromatic N) is 1. The molecule has 0 spiro atoms. The minimum Gasteiger partial charge on any atom is -0.258 e. The molecule has 30 heavy (non-hydrogen) atoms. The van der Waals surface area contributed by atoms with Crippen molar-refractivity contribution in [3.8, 4) is 0 Å². The molecule has 0 atom stereocenters. The van der Waals surface area contributed by atoms with Gasteiger partial charge in [0.05, 0.1) is 9.82 Å². The molecule has 154 valence electrons. The van der Waals surface area contributed by atoms with Crippen LogP contribution in [-0.4, -0.2) is 19.9 Å². The lowest BCUT2D eigenvalue weighted by atomic mass is 9.98. The van der Waals surface area contributed by atoms with Crippen molar-refractivity contribution in [2.45, 2.75) is 17.7 Å². The molecule has 1 N–H and O–H groups in total. The predicted octanol–water partition coefficient (Wildman–Crippen LogP) is 4.89. The van der Waals surface area contributed by atoms with Gasteiger partial charge < -0.3 is 0 Å². The van der Waals surface area contributed by atoms with Crippen LogP contribution in [0.5, 0.6) is 0 Å². The van der Waals surface area contributed by atoms with Gasteiger partial charge in [0, 0.05) is 18.7 Å². The number of nitro benzene ring substituents is 1. The molecule has 0 bridgehead atoms. The third-order valence-corrected chi connectivity index (χ3v) is 6.00.